The molecule has 0 aliphatic heterocycles. The van der Waals surface area contributed by atoms with Crippen LogP contribution in [-0.4, -0.2) is 35.2 Å². The zero-order valence-corrected chi connectivity index (χ0v) is 13.2. The molecule has 98 valence electrons. The first-order valence-corrected chi connectivity index (χ1v) is 7.30. The van der Waals surface area contributed by atoms with Gasteiger partial charge in [-0.3, -0.25) is 4.90 Å². The molecule has 5 heteroatoms. The maximum atomic E-state index is 9.88. The second kappa shape index (κ2) is 5.80. The zero-order valence-electron chi connectivity index (χ0n) is 10.8. The molecule has 0 aromatic carbocycles. The lowest BCUT2D eigenvalue weighted by molar-refractivity contribution is 0.0283. The van der Waals surface area contributed by atoms with E-state index in [1.807, 2.05) is 27.8 Å². The average Bonchev–Trinajstić information content (AvgIpc) is 2.47. The van der Waals surface area contributed by atoms with Gasteiger partial charge in [-0.2, -0.15) is 0 Å². The van der Waals surface area contributed by atoms with Gasteiger partial charge in [-0.05, 0) is 49.8 Å². The van der Waals surface area contributed by atoms with Crippen LogP contribution in [0, 0.1) is 0 Å². The second-order valence-electron chi connectivity index (χ2n) is 5.20. The maximum Gasteiger partial charge on any atom is 0.0718 e. The summed E-state index contributed by atoms with van der Waals surface area (Å²) < 4.78 is 1.08. The van der Waals surface area contributed by atoms with Crippen LogP contribution in [0.25, 0.3) is 0 Å². The molecule has 0 aliphatic carbocycles. The highest BCUT2D eigenvalue weighted by Crippen LogP contribution is 2.31. The van der Waals surface area contributed by atoms with Crippen molar-refractivity contribution in [1.29, 1.82) is 0 Å². The van der Waals surface area contributed by atoms with Crippen LogP contribution in [0.4, 0.5) is 0 Å². The van der Waals surface area contributed by atoms with Gasteiger partial charge in [-0.1, -0.05) is 0 Å². The third-order valence-electron chi connectivity index (χ3n) is 2.49. The monoisotopic (exact) mass is 320 g/mol. The summed E-state index contributed by atoms with van der Waals surface area (Å²) in [5, 5.41) is 11.9. The number of nitrogens with zero attached hydrogens (tertiary/aromatic N) is 1. The number of rotatable bonds is 5. The zero-order chi connectivity index (χ0) is 13.2. The highest BCUT2D eigenvalue weighted by Gasteiger charge is 2.26. The van der Waals surface area contributed by atoms with Gasteiger partial charge in [0.15, 0.2) is 0 Å². The van der Waals surface area contributed by atoms with Gasteiger partial charge >= 0.3 is 0 Å². The summed E-state index contributed by atoms with van der Waals surface area (Å²) in [6.07, 6.45) is 0. The molecule has 0 spiro atoms. The predicted octanol–water partition coefficient (Wildman–Crippen LogP) is 2.60. The Labute approximate surface area is 116 Å². The van der Waals surface area contributed by atoms with Crippen LogP contribution in [-0.2, 0) is 0 Å². The molecule has 1 rings (SSSR count). The van der Waals surface area contributed by atoms with Gasteiger partial charge in [0, 0.05) is 27.3 Å². The van der Waals surface area contributed by atoms with Crippen LogP contribution in [0.15, 0.2) is 15.9 Å². The molecule has 1 aromatic heterocycles. The fraction of sp³-hybridized carbons (Fsp3) is 0.667. The Morgan fingerprint density at radius 1 is 1.59 bits per heavy atom. The summed E-state index contributed by atoms with van der Waals surface area (Å²) in [4.78, 5) is 3.33. The van der Waals surface area contributed by atoms with Crippen molar-refractivity contribution in [2.45, 2.75) is 38.5 Å². The van der Waals surface area contributed by atoms with Crippen molar-refractivity contribution >= 4 is 27.3 Å². The molecule has 0 saturated heterocycles. The molecule has 0 bridgehead atoms. The van der Waals surface area contributed by atoms with Gasteiger partial charge in [0.1, 0.15) is 0 Å². The topological polar surface area (TPSA) is 49.5 Å². The van der Waals surface area contributed by atoms with Crippen molar-refractivity contribution in [2.75, 3.05) is 13.6 Å². The van der Waals surface area contributed by atoms with E-state index in [0.29, 0.717) is 6.54 Å². The van der Waals surface area contributed by atoms with E-state index in [4.69, 9.17) is 5.73 Å². The molecule has 1 heterocycles. The van der Waals surface area contributed by atoms with Crippen molar-refractivity contribution in [2.24, 2.45) is 5.73 Å². The molecule has 0 radical (unpaired) electrons. The molecule has 2 unspecified atom stereocenters. The normalized spacial score (nSPS) is 16.2. The number of halogens is 1. The number of likely N-dealkylation sites (N-methyl/N-ethyl adjacent to an activating group) is 1. The number of hydrogen-bond acceptors (Lipinski definition) is 4. The SMILES string of the molecule is CC(N)C(c1cc(Br)cs1)N(C)CC(C)(C)O. The van der Waals surface area contributed by atoms with Crippen molar-refractivity contribution in [3.05, 3.63) is 20.8 Å². The maximum absolute atomic E-state index is 9.88. The lowest BCUT2D eigenvalue weighted by Crippen LogP contribution is -2.43. The molecule has 0 fully saturated rings. The van der Waals surface area contributed by atoms with Gasteiger partial charge in [0.2, 0.25) is 0 Å². The van der Waals surface area contributed by atoms with E-state index >= 15 is 0 Å². The van der Waals surface area contributed by atoms with Crippen LogP contribution < -0.4 is 5.73 Å². The lowest BCUT2D eigenvalue weighted by atomic mass is 10.0. The van der Waals surface area contributed by atoms with Gasteiger partial charge in [0.05, 0.1) is 11.6 Å². The molecule has 2 atom stereocenters. The lowest BCUT2D eigenvalue weighted by Gasteiger charge is -2.34. The summed E-state index contributed by atoms with van der Waals surface area (Å²) in [6, 6.07) is 2.25. The Morgan fingerprint density at radius 3 is 2.53 bits per heavy atom. The highest BCUT2D eigenvalue weighted by molar-refractivity contribution is 9.10. The van der Waals surface area contributed by atoms with E-state index in [-0.39, 0.29) is 12.1 Å². The quantitative estimate of drug-likeness (QED) is 0.876. The Kier molecular flexibility index (Phi) is 5.16. The minimum atomic E-state index is -0.712. The van der Waals surface area contributed by atoms with Gasteiger partial charge in [-0.25, -0.2) is 0 Å². The van der Waals surface area contributed by atoms with Gasteiger partial charge < -0.3 is 10.8 Å². The standard InChI is InChI=1S/C12H21BrN2OS/c1-8(14)11(10-5-9(13)6-17-10)15(4)7-12(2,3)16/h5-6,8,11,16H,7,14H2,1-4H3. The summed E-state index contributed by atoms with van der Waals surface area (Å²) in [5.74, 6) is 0. The molecular weight excluding hydrogens is 300 g/mol. The van der Waals surface area contributed by atoms with E-state index in [1.165, 1.54) is 4.88 Å². The number of thiophene rings is 1. The molecule has 0 amide bonds. The molecule has 0 saturated carbocycles. The number of nitrogens with two attached hydrogens (primary N) is 1. The third-order valence-corrected chi connectivity index (χ3v) is 4.25. The van der Waals surface area contributed by atoms with E-state index < -0.39 is 5.60 Å². The Hall–Kier alpha value is 0.0600. The molecule has 17 heavy (non-hydrogen) atoms. The molecular formula is C12H21BrN2OS. The first-order chi connectivity index (χ1) is 7.70. The summed E-state index contributed by atoms with van der Waals surface area (Å²) in [7, 11) is 2.00. The second-order valence-corrected chi connectivity index (χ2v) is 7.06. The van der Waals surface area contributed by atoms with Gasteiger partial charge in [-0.15, -0.1) is 11.3 Å². The van der Waals surface area contributed by atoms with Crippen molar-refractivity contribution in [1.82, 2.24) is 4.90 Å². The van der Waals surface area contributed by atoms with Crippen molar-refractivity contribution in [3.8, 4) is 0 Å². The smallest absolute Gasteiger partial charge is 0.0718 e. The minimum absolute atomic E-state index is 0.0212. The van der Waals surface area contributed by atoms with Crippen molar-refractivity contribution in [3.63, 3.8) is 0 Å². The molecule has 1 aromatic rings. The Bertz CT molecular complexity index is 360. The molecule has 0 aliphatic rings. The van der Waals surface area contributed by atoms with E-state index in [1.54, 1.807) is 11.3 Å². The molecule has 3 nitrogen and oxygen atoms in total. The van der Waals surface area contributed by atoms with Crippen LogP contribution in [0.3, 0.4) is 0 Å². The fourth-order valence-electron chi connectivity index (χ4n) is 2.07. The first-order valence-electron chi connectivity index (χ1n) is 5.63. The van der Waals surface area contributed by atoms with E-state index in [0.717, 1.165) is 4.47 Å². The minimum Gasteiger partial charge on any atom is -0.389 e. The highest BCUT2D eigenvalue weighted by atomic mass is 79.9. The number of aliphatic hydroxyl groups is 1. The van der Waals surface area contributed by atoms with Crippen LogP contribution in [0.5, 0.6) is 0 Å². The average molecular weight is 321 g/mol. The fourth-order valence-corrected chi connectivity index (χ4v) is 3.79. The largest absolute Gasteiger partial charge is 0.389 e. The Balaban J connectivity index is 2.86. The van der Waals surface area contributed by atoms with E-state index in [9.17, 15) is 5.11 Å². The van der Waals surface area contributed by atoms with Crippen LogP contribution >= 0.6 is 27.3 Å². The first kappa shape index (κ1) is 15.1. The Morgan fingerprint density at radius 2 is 2.18 bits per heavy atom. The summed E-state index contributed by atoms with van der Waals surface area (Å²) in [6.45, 7) is 6.21. The van der Waals surface area contributed by atoms with Gasteiger partial charge in [0.25, 0.3) is 0 Å². The number of hydrogen-bond donors (Lipinski definition) is 2. The summed E-state index contributed by atoms with van der Waals surface area (Å²) >= 11 is 5.15. The third kappa shape index (κ3) is 4.67. The van der Waals surface area contributed by atoms with E-state index in [2.05, 4.69) is 32.3 Å². The van der Waals surface area contributed by atoms with Crippen molar-refractivity contribution < 1.29 is 5.11 Å². The van der Waals surface area contributed by atoms with Crippen LogP contribution in [0.1, 0.15) is 31.7 Å². The molecule has 3 N–H and O–H groups in total. The predicted molar refractivity (Wildman–Crippen MR) is 77.3 cm³/mol. The summed E-state index contributed by atoms with van der Waals surface area (Å²) in [5.41, 5.74) is 5.35. The van der Waals surface area contributed by atoms with Crippen LogP contribution in [0.2, 0.25) is 0 Å².